The van der Waals surface area contributed by atoms with E-state index in [1.165, 1.54) is 30.5 Å². The minimum Gasteiger partial charge on any atom is -0.505 e. The summed E-state index contributed by atoms with van der Waals surface area (Å²) in [6, 6.07) is 7.17. The van der Waals surface area contributed by atoms with Gasteiger partial charge < -0.3 is 15.5 Å². The second kappa shape index (κ2) is 5.70. The minimum absolute atomic E-state index is 0.0584. The van der Waals surface area contributed by atoms with Crippen LogP contribution < -0.4 is 5.32 Å². The Morgan fingerprint density at radius 1 is 1.25 bits per heavy atom. The van der Waals surface area contributed by atoms with Crippen LogP contribution in [-0.2, 0) is 0 Å². The van der Waals surface area contributed by atoms with Gasteiger partial charge in [0.2, 0.25) is 0 Å². The first-order valence-corrected chi connectivity index (χ1v) is 6.26. The molecule has 20 heavy (non-hydrogen) atoms. The van der Waals surface area contributed by atoms with E-state index in [1.54, 1.807) is 6.07 Å². The van der Waals surface area contributed by atoms with E-state index in [4.69, 9.17) is 5.11 Å². The predicted molar refractivity (Wildman–Crippen MR) is 75.0 cm³/mol. The number of rotatable bonds is 3. The summed E-state index contributed by atoms with van der Waals surface area (Å²) in [6.45, 7) is 0. The highest BCUT2D eigenvalue weighted by atomic mass is 79.9. The third-order valence-electron chi connectivity index (χ3n) is 2.46. The number of hydrogen-bond donors (Lipinski definition) is 3. The van der Waals surface area contributed by atoms with Crippen LogP contribution in [-0.4, -0.2) is 27.1 Å². The van der Waals surface area contributed by atoms with Gasteiger partial charge >= 0.3 is 5.97 Å². The highest BCUT2D eigenvalue weighted by molar-refractivity contribution is 9.10. The number of carboxylic acid groups (broad SMARTS) is 1. The summed E-state index contributed by atoms with van der Waals surface area (Å²) in [5, 5.41) is 21.0. The molecule has 0 saturated heterocycles. The molecule has 0 radical (unpaired) electrons. The van der Waals surface area contributed by atoms with Gasteiger partial charge in [0, 0.05) is 10.7 Å². The van der Waals surface area contributed by atoms with Crippen LogP contribution in [0.25, 0.3) is 0 Å². The molecule has 2 rings (SSSR count). The van der Waals surface area contributed by atoms with Crippen LogP contribution in [0.15, 0.2) is 41.0 Å². The molecule has 0 aliphatic carbocycles. The van der Waals surface area contributed by atoms with Gasteiger partial charge in [-0.25, -0.2) is 9.78 Å². The minimum atomic E-state index is -1.17. The van der Waals surface area contributed by atoms with Gasteiger partial charge in [-0.3, -0.25) is 4.79 Å². The number of benzene rings is 1. The number of nitrogens with one attached hydrogen (secondary N) is 1. The summed E-state index contributed by atoms with van der Waals surface area (Å²) in [4.78, 5) is 26.8. The zero-order valence-electron chi connectivity index (χ0n) is 10.0. The molecule has 1 aromatic carbocycles. The number of carbonyl (C=O) groups is 2. The van der Waals surface area contributed by atoms with Crippen LogP contribution in [0.2, 0.25) is 0 Å². The van der Waals surface area contributed by atoms with E-state index in [0.717, 1.165) is 0 Å². The zero-order chi connectivity index (χ0) is 14.7. The zero-order valence-corrected chi connectivity index (χ0v) is 11.6. The van der Waals surface area contributed by atoms with Crippen LogP contribution in [0.3, 0.4) is 0 Å². The van der Waals surface area contributed by atoms with Crippen molar-refractivity contribution in [1.29, 1.82) is 0 Å². The number of hydrogen-bond acceptors (Lipinski definition) is 4. The number of nitrogens with zero attached hydrogens (tertiary/aromatic N) is 1. The van der Waals surface area contributed by atoms with Crippen molar-refractivity contribution in [1.82, 2.24) is 4.98 Å². The quantitative estimate of drug-likeness (QED) is 0.799. The van der Waals surface area contributed by atoms with Crippen LogP contribution in [0, 0.1) is 0 Å². The van der Waals surface area contributed by atoms with Crippen molar-refractivity contribution < 1.29 is 19.8 Å². The number of pyridine rings is 1. The van der Waals surface area contributed by atoms with Gasteiger partial charge in [-0.2, -0.15) is 0 Å². The smallest absolute Gasteiger partial charge is 0.337 e. The molecule has 1 amide bonds. The third kappa shape index (κ3) is 2.94. The lowest BCUT2D eigenvalue weighted by Crippen LogP contribution is -2.16. The Morgan fingerprint density at radius 3 is 2.65 bits per heavy atom. The molecule has 102 valence electrons. The molecule has 0 spiro atoms. The molecular weight excluding hydrogens is 328 g/mol. The first kappa shape index (κ1) is 14.0. The number of amides is 1. The number of aromatic carboxylic acids is 1. The van der Waals surface area contributed by atoms with Gasteiger partial charge in [-0.15, -0.1) is 0 Å². The molecule has 0 saturated carbocycles. The average Bonchev–Trinajstić information content (AvgIpc) is 2.38. The maximum Gasteiger partial charge on any atom is 0.337 e. The number of anilines is 1. The van der Waals surface area contributed by atoms with Crippen molar-refractivity contribution in [2.45, 2.75) is 0 Å². The highest BCUT2D eigenvalue weighted by Gasteiger charge is 2.16. The van der Waals surface area contributed by atoms with Crippen molar-refractivity contribution in [2.75, 3.05) is 5.32 Å². The normalized spacial score (nSPS) is 10.1. The van der Waals surface area contributed by atoms with E-state index in [0.29, 0.717) is 4.47 Å². The second-order valence-electron chi connectivity index (χ2n) is 3.82. The fourth-order valence-corrected chi connectivity index (χ4v) is 1.92. The topological polar surface area (TPSA) is 99.5 Å². The van der Waals surface area contributed by atoms with Crippen molar-refractivity contribution in [3.63, 3.8) is 0 Å². The van der Waals surface area contributed by atoms with Gasteiger partial charge in [0.25, 0.3) is 5.91 Å². The Kier molecular flexibility index (Phi) is 3.99. The Labute approximate surface area is 122 Å². The van der Waals surface area contributed by atoms with Crippen LogP contribution in [0.4, 0.5) is 5.69 Å². The molecule has 2 aromatic rings. The van der Waals surface area contributed by atoms with Crippen molar-refractivity contribution in [3.05, 3.63) is 52.3 Å². The van der Waals surface area contributed by atoms with E-state index >= 15 is 0 Å². The SMILES string of the molecule is O=C(O)c1ccc(Br)cc1NC(=O)c1ncccc1O. The summed E-state index contributed by atoms with van der Waals surface area (Å²) in [6.07, 6.45) is 1.35. The first-order valence-electron chi connectivity index (χ1n) is 5.47. The molecular formula is C13H9BrN2O4. The van der Waals surface area contributed by atoms with Gasteiger partial charge in [0.05, 0.1) is 11.3 Å². The molecule has 0 unspecified atom stereocenters. The van der Waals surface area contributed by atoms with Gasteiger partial charge in [0.1, 0.15) is 5.75 Å². The van der Waals surface area contributed by atoms with Gasteiger partial charge in [-0.1, -0.05) is 15.9 Å². The Hall–Kier alpha value is -2.41. The largest absolute Gasteiger partial charge is 0.505 e. The maximum atomic E-state index is 12.0. The molecule has 7 heteroatoms. The summed E-state index contributed by atoms with van der Waals surface area (Å²) < 4.78 is 0.614. The summed E-state index contributed by atoms with van der Waals surface area (Å²) in [5.41, 5.74) is -0.122. The number of carboxylic acids is 1. The van der Waals surface area contributed by atoms with E-state index in [-0.39, 0.29) is 22.7 Å². The number of carbonyl (C=O) groups excluding carboxylic acids is 1. The van der Waals surface area contributed by atoms with E-state index in [2.05, 4.69) is 26.2 Å². The molecule has 0 fully saturated rings. The van der Waals surface area contributed by atoms with Gasteiger partial charge in [0.15, 0.2) is 5.69 Å². The number of aromatic hydroxyl groups is 1. The Balaban J connectivity index is 2.35. The summed E-state index contributed by atoms with van der Waals surface area (Å²) >= 11 is 3.20. The fraction of sp³-hybridized carbons (Fsp3) is 0. The maximum absolute atomic E-state index is 12.0. The Bertz CT molecular complexity index is 688. The lowest BCUT2D eigenvalue weighted by atomic mass is 10.1. The van der Waals surface area contributed by atoms with E-state index in [9.17, 15) is 14.7 Å². The highest BCUT2D eigenvalue weighted by Crippen LogP contribution is 2.23. The molecule has 0 aliphatic rings. The van der Waals surface area contributed by atoms with Crippen LogP contribution >= 0.6 is 15.9 Å². The fourth-order valence-electron chi connectivity index (χ4n) is 1.56. The lowest BCUT2D eigenvalue weighted by Gasteiger charge is -2.09. The Morgan fingerprint density at radius 2 is 2.00 bits per heavy atom. The molecule has 1 heterocycles. The molecule has 0 bridgehead atoms. The summed E-state index contributed by atoms with van der Waals surface area (Å²) in [5.74, 6) is -2.14. The summed E-state index contributed by atoms with van der Waals surface area (Å²) in [7, 11) is 0. The monoisotopic (exact) mass is 336 g/mol. The number of aromatic nitrogens is 1. The second-order valence-corrected chi connectivity index (χ2v) is 4.74. The first-order chi connectivity index (χ1) is 9.49. The predicted octanol–water partition coefficient (Wildman–Crippen LogP) is 2.50. The molecule has 0 aliphatic heterocycles. The van der Waals surface area contributed by atoms with Crippen LogP contribution in [0.1, 0.15) is 20.8 Å². The van der Waals surface area contributed by atoms with E-state index in [1.807, 2.05) is 0 Å². The standard InChI is InChI=1S/C13H9BrN2O4/c14-7-3-4-8(13(19)20)9(6-7)16-12(18)11-10(17)2-1-5-15-11/h1-6,17H,(H,16,18)(H,19,20). The third-order valence-corrected chi connectivity index (χ3v) is 2.95. The van der Waals surface area contributed by atoms with Crippen LogP contribution in [0.5, 0.6) is 5.75 Å². The lowest BCUT2D eigenvalue weighted by molar-refractivity contribution is 0.0698. The van der Waals surface area contributed by atoms with Gasteiger partial charge in [-0.05, 0) is 30.3 Å². The molecule has 6 nitrogen and oxygen atoms in total. The van der Waals surface area contributed by atoms with E-state index < -0.39 is 11.9 Å². The average molecular weight is 337 g/mol. The van der Waals surface area contributed by atoms with Crippen molar-refractivity contribution >= 4 is 33.5 Å². The molecule has 3 N–H and O–H groups in total. The number of halogens is 1. The van der Waals surface area contributed by atoms with Crippen molar-refractivity contribution in [2.24, 2.45) is 0 Å². The molecule has 1 aromatic heterocycles. The van der Waals surface area contributed by atoms with Crippen molar-refractivity contribution in [3.8, 4) is 5.75 Å². The molecule has 0 atom stereocenters.